The minimum atomic E-state index is 0.0311. The van der Waals surface area contributed by atoms with Crippen molar-refractivity contribution in [2.75, 3.05) is 20.2 Å². The lowest BCUT2D eigenvalue weighted by molar-refractivity contribution is -0.658. The number of fused-ring (bicyclic) bond motifs is 2. The van der Waals surface area contributed by atoms with Gasteiger partial charge < -0.3 is 14.8 Å². The average Bonchev–Trinajstić information content (AvgIpc) is 2.98. The molecule has 0 radical (unpaired) electrons. The quantitative estimate of drug-likeness (QED) is 0.466. The standard InChI is InChI=1S/C24H33NO3/c1-16-5-4-11-24(2)14-22-19(13-21(16)24)20(23(26)28-22)15-25-12-10-17-6-8-18(27-3)9-7-17/h6-9,19-22,25H,1,4-5,10-15H2,2-3H3/p+1/t19-,20-,21+,22-,24-/m1/s1. The Bertz CT molecular complexity index is 728. The van der Waals surface area contributed by atoms with E-state index in [2.05, 4.69) is 31.0 Å². The number of nitrogens with two attached hydrogens (primary N) is 1. The minimum Gasteiger partial charge on any atom is -0.497 e. The van der Waals surface area contributed by atoms with E-state index in [1.807, 2.05) is 12.1 Å². The van der Waals surface area contributed by atoms with Crippen molar-refractivity contribution in [2.45, 2.75) is 51.6 Å². The van der Waals surface area contributed by atoms with Crippen molar-refractivity contribution in [3.8, 4) is 5.75 Å². The van der Waals surface area contributed by atoms with Crippen LogP contribution in [-0.4, -0.2) is 32.3 Å². The summed E-state index contributed by atoms with van der Waals surface area (Å²) in [5.41, 5.74) is 2.99. The van der Waals surface area contributed by atoms with Crippen molar-refractivity contribution >= 4 is 5.97 Å². The lowest BCUT2D eigenvalue weighted by Crippen LogP contribution is -2.86. The molecule has 1 aromatic rings. The van der Waals surface area contributed by atoms with Crippen LogP contribution in [0.2, 0.25) is 0 Å². The van der Waals surface area contributed by atoms with Gasteiger partial charge >= 0.3 is 5.97 Å². The molecule has 0 bridgehead atoms. The Hall–Kier alpha value is -1.81. The molecule has 4 nitrogen and oxygen atoms in total. The number of allylic oxidation sites excluding steroid dienone is 1. The third-order valence-corrected chi connectivity index (χ3v) is 7.54. The second kappa shape index (κ2) is 7.90. The van der Waals surface area contributed by atoms with Crippen LogP contribution in [0.4, 0.5) is 0 Å². The van der Waals surface area contributed by atoms with Crippen molar-refractivity contribution < 1.29 is 19.6 Å². The molecule has 2 saturated carbocycles. The monoisotopic (exact) mass is 384 g/mol. The van der Waals surface area contributed by atoms with Gasteiger partial charge in [-0.1, -0.05) is 31.2 Å². The lowest BCUT2D eigenvalue weighted by Gasteiger charge is -2.49. The third-order valence-electron chi connectivity index (χ3n) is 7.54. The molecular weight excluding hydrogens is 350 g/mol. The van der Waals surface area contributed by atoms with Crippen molar-refractivity contribution in [2.24, 2.45) is 23.2 Å². The van der Waals surface area contributed by atoms with Crippen molar-refractivity contribution in [1.82, 2.24) is 0 Å². The van der Waals surface area contributed by atoms with Crippen LogP contribution in [0, 0.1) is 23.2 Å². The number of rotatable bonds is 6. The molecule has 5 atom stereocenters. The SMILES string of the molecule is C=C1CCC[C@]2(C)C[C@H]3OC(=O)[C@H](C[NH2+]CCc4ccc(OC)cc4)[C@H]3C[C@@H]12. The summed E-state index contributed by atoms with van der Waals surface area (Å²) in [6.07, 6.45) is 6.87. The molecule has 4 rings (SSSR count). The number of hydrogen-bond acceptors (Lipinski definition) is 3. The van der Waals surface area contributed by atoms with Gasteiger partial charge in [-0.25, -0.2) is 0 Å². The molecule has 0 amide bonds. The number of hydrogen-bond donors (Lipinski definition) is 1. The maximum Gasteiger partial charge on any atom is 0.315 e. The molecule has 0 aromatic heterocycles. The van der Waals surface area contributed by atoms with Crippen LogP contribution in [0.15, 0.2) is 36.4 Å². The van der Waals surface area contributed by atoms with Crippen LogP contribution in [0.3, 0.4) is 0 Å². The molecule has 3 aliphatic rings. The number of quaternary nitrogens is 1. The fraction of sp³-hybridized carbons (Fsp3) is 0.625. The molecule has 0 spiro atoms. The van der Waals surface area contributed by atoms with Gasteiger partial charge in [0.1, 0.15) is 17.8 Å². The fourth-order valence-electron chi connectivity index (χ4n) is 5.88. The fourth-order valence-corrected chi connectivity index (χ4v) is 5.88. The second-order valence-corrected chi connectivity index (χ2v) is 9.32. The number of carbonyl (C=O) groups is 1. The van der Waals surface area contributed by atoms with E-state index in [1.54, 1.807) is 7.11 Å². The highest BCUT2D eigenvalue weighted by Crippen LogP contribution is 2.56. The summed E-state index contributed by atoms with van der Waals surface area (Å²) >= 11 is 0. The number of benzene rings is 1. The molecule has 2 aliphatic carbocycles. The summed E-state index contributed by atoms with van der Waals surface area (Å²) in [5, 5.41) is 2.29. The highest BCUT2D eigenvalue weighted by Gasteiger charge is 2.55. The molecule has 2 N–H and O–H groups in total. The van der Waals surface area contributed by atoms with Crippen LogP contribution in [0.5, 0.6) is 5.75 Å². The first-order chi connectivity index (χ1) is 13.5. The van der Waals surface area contributed by atoms with E-state index in [4.69, 9.17) is 9.47 Å². The first-order valence-electron chi connectivity index (χ1n) is 10.8. The van der Waals surface area contributed by atoms with Crippen molar-refractivity contribution in [3.05, 3.63) is 42.0 Å². The number of ether oxygens (including phenoxy) is 2. The summed E-state index contributed by atoms with van der Waals surface area (Å²) in [7, 11) is 1.69. The van der Waals surface area contributed by atoms with Gasteiger partial charge in [0.25, 0.3) is 0 Å². The first kappa shape index (κ1) is 19.5. The first-order valence-corrected chi connectivity index (χ1v) is 10.8. The van der Waals surface area contributed by atoms with E-state index in [1.165, 1.54) is 24.0 Å². The van der Waals surface area contributed by atoms with E-state index in [9.17, 15) is 4.79 Å². The topological polar surface area (TPSA) is 52.1 Å². The number of esters is 1. The molecule has 1 heterocycles. The van der Waals surface area contributed by atoms with Gasteiger partial charge in [0.2, 0.25) is 0 Å². The van der Waals surface area contributed by atoms with Crippen LogP contribution in [-0.2, 0) is 16.0 Å². The number of carbonyl (C=O) groups excluding carboxylic acids is 1. The van der Waals surface area contributed by atoms with E-state index in [0.717, 1.165) is 44.5 Å². The maximum absolute atomic E-state index is 12.6. The summed E-state index contributed by atoms with van der Waals surface area (Å²) in [5.74, 6) is 1.90. The zero-order valence-corrected chi connectivity index (χ0v) is 17.3. The van der Waals surface area contributed by atoms with E-state index in [0.29, 0.717) is 11.8 Å². The second-order valence-electron chi connectivity index (χ2n) is 9.32. The van der Waals surface area contributed by atoms with E-state index in [-0.39, 0.29) is 23.4 Å². The van der Waals surface area contributed by atoms with Crippen LogP contribution in [0.25, 0.3) is 0 Å². The molecule has 28 heavy (non-hydrogen) atoms. The molecule has 4 heteroatoms. The van der Waals surface area contributed by atoms with Gasteiger partial charge in [0.15, 0.2) is 0 Å². The van der Waals surface area contributed by atoms with Crippen LogP contribution < -0.4 is 10.1 Å². The summed E-state index contributed by atoms with van der Waals surface area (Å²) in [4.78, 5) is 12.6. The Morgan fingerprint density at radius 1 is 1.32 bits per heavy atom. The highest BCUT2D eigenvalue weighted by atomic mass is 16.6. The average molecular weight is 385 g/mol. The Kier molecular flexibility index (Phi) is 5.50. The van der Waals surface area contributed by atoms with Gasteiger partial charge in [-0.15, -0.1) is 0 Å². The Balaban J connectivity index is 1.32. The zero-order valence-electron chi connectivity index (χ0n) is 17.3. The Labute approximate surface area is 168 Å². The Morgan fingerprint density at radius 3 is 2.86 bits per heavy atom. The maximum atomic E-state index is 12.6. The molecule has 1 aliphatic heterocycles. The van der Waals surface area contributed by atoms with Gasteiger partial charge in [0, 0.05) is 12.3 Å². The smallest absolute Gasteiger partial charge is 0.315 e. The number of methoxy groups -OCH3 is 1. The zero-order chi connectivity index (χ0) is 19.7. The van der Waals surface area contributed by atoms with E-state index < -0.39 is 0 Å². The molecule has 3 fully saturated rings. The largest absolute Gasteiger partial charge is 0.497 e. The van der Waals surface area contributed by atoms with Crippen molar-refractivity contribution in [1.29, 1.82) is 0 Å². The normalized spacial score (nSPS) is 34.5. The van der Waals surface area contributed by atoms with Gasteiger partial charge in [-0.2, -0.15) is 0 Å². The van der Waals surface area contributed by atoms with Crippen LogP contribution >= 0.6 is 0 Å². The summed E-state index contributed by atoms with van der Waals surface area (Å²) < 4.78 is 11.1. The molecule has 0 unspecified atom stereocenters. The van der Waals surface area contributed by atoms with E-state index >= 15 is 0 Å². The van der Waals surface area contributed by atoms with Gasteiger partial charge in [-0.05, 0) is 61.1 Å². The molecule has 1 aromatic carbocycles. The predicted molar refractivity (Wildman–Crippen MR) is 109 cm³/mol. The lowest BCUT2D eigenvalue weighted by atomic mass is 9.55. The molecule has 1 saturated heterocycles. The van der Waals surface area contributed by atoms with Gasteiger partial charge in [0.05, 0.1) is 20.2 Å². The molecular formula is C24H34NO3+. The van der Waals surface area contributed by atoms with Gasteiger partial charge in [-0.3, -0.25) is 4.79 Å². The summed E-state index contributed by atoms with van der Waals surface area (Å²) in [6, 6.07) is 8.24. The third kappa shape index (κ3) is 3.71. The Morgan fingerprint density at radius 2 is 2.11 bits per heavy atom. The summed E-state index contributed by atoms with van der Waals surface area (Å²) in [6.45, 7) is 8.60. The van der Waals surface area contributed by atoms with Crippen molar-refractivity contribution in [3.63, 3.8) is 0 Å². The minimum absolute atomic E-state index is 0.0311. The highest BCUT2D eigenvalue weighted by molar-refractivity contribution is 5.75. The molecule has 152 valence electrons. The predicted octanol–water partition coefficient (Wildman–Crippen LogP) is 3.12. The van der Waals surface area contributed by atoms with Crippen LogP contribution in [0.1, 0.15) is 44.6 Å².